The molecule has 130 valence electrons. The van der Waals surface area contributed by atoms with Gasteiger partial charge in [0, 0.05) is 11.8 Å². The highest BCUT2D eigenvalue weighted by Gasteiger charge is 2.17. The molecule has 1 aromatic rings. The van der Waals surface area contributed by atoms with Gasteiger partial charge in [-0.05, 0) is 18.1 Å². The minimum atomic E-state index is -0.648. The third-order valence-corrected chi connectivity index (χ3v) is 2.91. The van der Waals surface area contributed by atoms with Crippen LogP contribution in [0, 0.1) is 5.92 Å². The molecule has 6 nitrogen and oxygen atoms in total. The normalized spacial score (nSPS) is 11.3. The lowest BCUT2D eigenvalue weighted by atomic mass is 10.1. The topological polar surface area (TPSA) is 93.5 Å². The maximum atomic E-state index is 12.0. The van der Waals surface area contributed by atoms with Crippen molar-refractivity contribution in [2.45, 2.75) is 19.9 Å². The fraction of sp³-hybridized carbons (Fsp3) is 0.467. The van der Waals surface area contributed by atoms with Crippen LogP contribution in [0.1, 0.15) is 13.8 Å². The number of nitrogens with one attached hydrogen (secondary N) is 2. The van der Waals surface area contributed by atoms with Crippen molar-refractivity contribution in [1.82, 2.24) is 5.32 Å². The number of carbonyl (C=O) groups is 2. The van der Waals surface area contributed by atoms with Crippen molar-refractivity contribution in [1.29, 1.82) is 0 Å². The summed E-state index contributed by atoms with van der Waals surface area (Å²) < 4.78 is 17.2. The summed E-state index contributed by atoms with van der Waals surface area (Å²) in [5.41, 5.74) is 6.18. The van der Waals surface area contributed by atoms with Crippen LogP contribution >= 0.6 is 12.4 Å². The third-order valence-electron chi connectivity index (χ3n) is 2.91. The van der Waals surface area contributed by atoms with Crippen LogP contribution in [0.3, 0.4) is 0 Å². The van der Waals surface area contributed by atoms with Gasteiger partial charge in [0.1, 0.15) is 19.0 Å². The number of benzene rings is 1. The van der Waals surface area contributed by atoms with Gasteiger partial charge in [-0.15, -0.1) is 12.4 Å². The van der Waals surface area contributed by atoms with Crippen LogP contribution in [0.15, 0.2) is 24.3 Å². The van der Waals surface area contributed by atoms with Crippen LogP contribution in [-0.4, -0.2) is 37.7 Å². The van der Waals surface area contributed by atoms with Gasteiger partial charge < -0.3 is 21.1 Å². The molecule has 1 rings (SSSR count). The SMILES string of the molecule is CC(C)[C@H](N)C(=O)NCC(=O)Nc1cccc(OCCF)c1.Cl. The number of anilines is 1. The molecule has 0 unspecified atom stereocenters. The maximum absolute atomic E-state index is 12.0. The van der Waals surface area contributed by atoms with Crippen molar-refractivity contribution < 1.29 is 18.7 Å². The van der Waals surface area contributed by atoms with Gasteiger partial charge in [0.05, 0.1) is 12.6 Å². The van der Waals surface area contributed by atoms with Gasteiger partial charge in [-0.25, -0.2) is 4.39 Å². The monoisotopic (exact) mass is 347 g/mol. The van der Waals surface area contributed by atoms with Gasteiger partial charge in [-0.3, -0.25) is 9.59 Å². The fourth-order valence-corrected chi connectivity index (χ4v) is 1.61. The first-order valence-corrected chi connectivity index (χ1v) is 7.06. The molecule has 0 fully saturated rings. The van der Waals surface area contributed by atoms with Gasteiger partial charge in [0.25, 0.3) is 0 Å². The first-order chi connectivity index (χ1) is 10.4. The number of hydrogen-bond donors (Lipinski definition) is 3. The highest BCUT2D eigenvalue weighted by atomic mass is 35.5. The zero-order chi connectivity index (χ0) is 16.5. The molecular weight excluding hydrogens is 325 g/mol. The molecule has 2 amide bonds. The lowest BCUT2D eigenvalue weighted by Crippen LogP contribution is -2.46. The molecule has 23 heavy (non-hydrogen) atoms. The lowest BCUT2D eigenvalue weighted by molar-refractivity contribution is -0.125. The van der Waals surface area contributed by atoms with Crippen molar-refractivity contribution in [3.63, 3.8) is 0 Å². The zero-order valence-electron chi connectivity index (χ0n) is 13.2. The minimum absolute atomic E-state index is 0. The summed E-state index contributed by atoms with van der Waals surface area (Å²) in [6.07, 6.45) is 0. The number of ether oxygens (including phenoxy) is 1. The molecule has 0 saturated heterocycles. The van der Waals surface area contributed by atoms with Crippen LogP contribution in [0.5, 0.6) is 5.75 Å². The van der Waals surface area contributed by atoms with Crippen LogP contribution < -0.4 is 21.1 Å². The van der Waals surface area contributed by atoms with E-state index in [1.807, 2.05) is 13.8 Å². The van der Waals surface area contributed by atoms with Gasteiger partial charge in [0.2, 0.25) is 11.8 Å². The molecule has 0 aliphatic heterocycles. The van der Waals surface area contributed by atoms with Crippen LogP contribution in [-0.2, 0) is 9.59 Å². The largest absolute Gasteiger partial charge is 0.491 e. The molecule has 0 aliphatic rings. The number of nitrogens with two attached hydrogens (primary N) is 1. The highest BCUT2D eigenvalue weighted by Crippen LogP contribution is 2.17. The molecular formula is C15H23ClFN3O3. The predicted molar refractivity (Wildman–Crippen MR) is 89.6 cm³/mol. The van der Waals surface area contributed by atoms with Crippen molar-refractivity contribution in [3.8, 4) is 5.75 Å². The zero-order valence-corrected chi connectivity index (χ0v) is 14.0. The first-order valence-electron chi connectivity index (χ1n) is 7.06. The van der Waals surface area contributed by atoms with E-state index in [1.54, 1.807) is 24.3 Å². The predicted octanol–water partition coefficient (Wildman–Crippen LogP) is 1.49. The molecule has 0 saturated carbocycles. The summed E-state index contributed by atoms with van der Waals surface area (Å²) >= 11 is 0. The lowest BCUT2D eigenvalue weighted by Gasteiger charge is -2.15. The van der Waals surface area contributed by atoms with Crippen molar-refractivity contribution in [2.75, 3.05) is 25.1 Å². The Balaban J connectivity index is 0.00000484. The molecule has 0 heterocycles. The molecule has 0 radical (unpaired) electrons. The Morgan fingerprint density at radius 3 is 2.65 bits per heavy atom. The Morgan fingerprint density at radius 2 is 2.04 bits per heavy atom. The Hall–Kier alpha value is -1.86. The quantitative estimate of drug-likeness (QED) is 0.664. The maximum Gasteiger partial charge on any atom is 0.243 e. The molecule has 1 aromatic carbocycles. The standard InChI is InChI=1S/C15H22FN3O3.ClH/c1-10(2)14(17)15(21)18-9-13(20)19-11-4-3-5-12(8-11)22-7-6-16;/h3-5,8,10,14H,6-7,9,17H2,1-2H3,(H,18,21)(H,19,20);1H/t14-;/m0./s1. The second-order valence-electron chi connectivity index (χ2n) is 5.10. The number of halogens is 2. The summed E-state index contributed by atoms with van der Waals surface area (Å²) in [7, 11) is 0. The van der Waals surface area contributed by atoms with E-state index in [0.717, 1.165) is 0 Å². The fourth-order valence-electron chi connectivity index (χ4n) is 1.61. The number of carbonyl (C=O) groups excluding carboxylic acids is 2. The second kappa shape index (κ2) is 10.8. The van der Waals surface area contributed by atoms with E-state index in [-0.39, 0.29) is 43.3 Å². The number of alkyl halides is 1. The molecule has 4 N–H and O–H groups in total. The minimum Gasteiger partial charge on any atom is -0.491 e. The molecule has 0 bridgehead atoms. The van der Waals surface area contributed by atoms with Gasteiger partial charge in [-0.2, -0.15) is 0 Å². The average molecular weight is 348 g/mol. The molecule has 1 atom stereocenters. The Morgan fingerprint density at radius 1 is 1.35 bits per heavy atom. The van der Waals surface area contributed by atoms with Crippen LogP contribution in [0.4, 0.5) is 10.1 Å². The van der Waals surface area contributed by atoms with Crippen LogP contribution in [0.25, 0.3) is 0 Å². The van der Waals surface area contributed by atoms with Crippen molar-refractivity contribution in [2.24, 2.45) is 11.7 Å². The average Bonchev–Trinajstić information content (AvgIpc) is 2.50. The molecule has 0 aliphatic carbocycles. The summed E-state index contributed by atoms with van der Waals surface area (Å²) in [5.74, 6) is -0.300. The Kier molecular flexibility index (Phi) is 9.92. The van der Waals surface area contributed by atoms with Gasteiger partial charge in [0.15, 0.2) is 0 Å². The van der Waals surface area contributed by atoms with Crippen LogP contribution in [0.2, 0.25) is 0 Å². The van der Waals surface area contributed by atoms with Gasteiger partial charge >= 0.3 is 0 Å². The van der Waals surface area contributed by atoms with E-state index in [0.29, 0.717) is 11.4 Å². The first kappa shape index (κ1) is 21.1. The van der Waals surface area contributed by atoms with E-state index in [9.17, 15) is 14.0 Å². The van der Waals surface area contributed by atoms with E-state index in [1.165, 1.54) is 0 Å². The summed E-state index contributed by atoms with van der Waals surface area (Å²) in [6.45, 7) is 2.86. The number of amides is 2. The van der Waals surface area contributed by atoms with E-state index >= 15 is 0 Å². The molecule has 8 heteroatoms. The van der Waals surface area contributed by atoms with E-state index < -0.39 is 12.7 Å². The molecule has 0 aromatic heterocycles. The van der Waals surface area contributed by atoms with E-state index in [2.05, 4.69) is 10.6 Å². The Labute approximate surface area is 141 Å². The summed E-state index contributed by atoms with van der Waals surface area (Å²) in [4.78, 5) is 23.4. The second-order valence-corrected chi connectivity index (χ2v) is 5.10. The van der Waals surface area contributed by atoms with E-state index in [4.69, 9.17) is 10.5 Å². The number of hydrogen-bond acceptors (Lipinski definition) is 4. The highest BCUT2D eigenvalue weighted by molar-refractivity contribution is 5.95. The van der Waals surface area contributed by atoms with Crippen molar-refractivity contribution >= 4 is 29.9 Å². The molecule has 0 spiro atoms. The third kappa shape index (κ3) is 7.80. The number of rotatable bonds is 8. The summed E-state index contributed by atoms with van der Waals surface area (Å²) in [5, 5.41) is 5.09. The van der Waals surface area contributed by atoms with Crippen molar-refractivity contribution in [3.05, 3.63) is 24.3 Å². The summed E-state index contributed by atoms with van der Waals surface area (Å²) in [6, 6.07) is 5.94. The van der Waals surface area contributed by atoms with Gasteiger partial charge in [-0.1, -0.05) is 19.9 Å². The smallest absolute Gasteiger partial charge is 0.243 e. The Bertz CT molecular complexity index is 514.